The molecule has 2 heterocycles. The molecule has 0 aliphatic carbocycles. The van der Waals surface area contributed by atoms with E-state index < -0.39 is 11.7 Å². The summed E-state index contributed by atoms with van der Waals surface area (Å²) in [6.07, 6.45) is -1.38. The Morgan fingerprint density at radius 1 is 1.29 bits per heavy atom. The largest absolute Gasteiger partial charge is 0.417 e. The molecule has 0 spiro atoms. The van der Waals surface area contributed by atoms with Crippen LogP contribution in [0.1, 0.15) is 17.7 Å². The van der Waals surface area contributed by atoms with Gasteiger partial charge in [0.05, 0.1) is 5.56 Å². The first kappa shape index (κ1) is 14.1. The summed E-state index contributed by atoms with van der Waals surface area (Å²) in [5, 5.41) is 9.21. The van der Waals surface area contributed by atoms with E-state index in [1.165, 1.54) is 12.1 Å². The van der Waals surface area contributed by atoms with Gasteiger partial charge < -0.3 is 9.67 Å². The Hall–Kier alpha value is -1.82. The third-order valence-corrected chi connectivity index (χ3v) is 3.93. The third kappa shape index (κ3) is 2.55. The molecule has 1 atom stereocenters. The fourth-order valence-electron chi connectivity index (χ4n) is 2.83. The van der Waals surface area contributed by atoms with Gasteiger partial charge in [0.2, 0.25) is 0 Å². The lowest BCUT2D eigenvalue weighted by molar-refractivity contribution is -0.137. The number of rotatable bonds is 2. The summed E-state index contributed by atoms with van der Waals surface area (Å²) in [6.45, 7) is 0.682. The van der Waals surface area contributed by atoms with Gasteiger partial charge in [-0.05, 0) is 24.8 Å². The Morgan fingerprint density at radius 3 is 2.76 bits per heavy atom. The van der Waals surface area contributed by atoms with Crippen LogP contribution >= 0.6 is 0 Å². The van der Waals surface area contributed by atoms with Crippen LogP contribution < -0.4 is 0 Å². The number of benzene rings is 1. The van der Waals surface area contributed by atoms with Crippen molar-refractivity contribution in [2.45, 2.75) is 25.6 Å². The van der Waals surface area contributed by atoms with Crippen molar-refractivity contribution in [2.75, 3.05) is 6.61 Å². The number of alkyl halides is 3. The maximum Gasteiger partial charge on any atom is 0.417 e. The molecule has 1 aliphatic heterocycles. The van der Waals surface area contributed by atoms with E-state index in [0.29, 0.717) is 18.8 Å². The fraction of sp³-hybridized carbons (Fsp3) is 0.400. The maximum atomic E-state index is 13.1. The van der Waals surface area contributed by atoms with Gasteiger partial charge in [-0.2, -0.15) is 13.2 Å². The van der Waals surface area contributed by atoms with Crippen molar-refractivity contribution in [3.8, 4) is 11.4 Å². The van der Waals surface area contributed by atoms with Crippen LogP contribution in [-0.2, 0) is 19.1 Å². The van der Waals surface area contributed by atoms with Gasteiger partial charge in [-0.15, -0.1) is 0 Å². The number of aromatic nitrogens is 2. The third-order valence-electron chi connectivity index (χ3n) is 3.93. The number of hydrogen-bond donors (Lipinski definition) is 1. The van der Waals surface area contributed by atoms with Gasteiger partial charge in [-0.3, -0.25) is 0 Å². The molecule has 0 bridgehead atoms. The highest BCUT2D eigenvalue weighted by Gasteiger charge is 2.35. The first-order valence-corrected chi connectivity index (χ1v) is 6.82. The van der Waals surface area contributed by atoms with E-state index in [-0.39, 0.29) is 18.1 Å². The monoisotopic (exact) mass is 296 g/mol. The SMILES string of the molecule is OCC1CCn2c(cnc2-c2ccccc2C(F)(F)F)C1. The maximum absolute atomic E-state index is 13.1. The second-order valence-corrected chi connectivity index (χ2v) is 5.31. The second-order valence-electron chi connectivity index (χ2n) is 5.31. The normalized spacial score (nSPS) is 18.6. The van der Waals surface area contributed by atoms with Crippen molar-refractivity contribution in [1.82, 2.24) is 9.55 Å². The highest BCUT2D eigenvalue weighted by molar-refractivity contribution is 5.62. The molecular weight excluding hydrogens is 281 g/mol. The van der Waals surface area contributed by atoms with E-state index in [1.54, 1.807) is 12.3 Å². The molecule has 0 amide bonds. The summed E-state index contributed by atoms with van der Waals surface area (Å²) in [5.74, 6) is 0.522. The topological polar surface area (TPSA) is 38.0 Å². The van der Waals surface area contributed by atoms with Gasteiger partial charge in [0.1, 0.15) is 5.82 Å². The molecule has 112 valence electrons. The predicted octanol–water partition coefficient (Wildman–Crippen LogP) is 3.12. The van der Waals surface area contributed by atoms with Crippen molar-refractivity contribution < 1.29 is 18.3 Å². The van der Waals surface area contributed by atoms with Crippen LogP contribution in [0.25, 0.3) is 11.4 Å². The molecule has 0 saturated carbocycles. The van der Waals surface area contributed by atoms with E-state index in [0.717, 1.165) is 18.2 Å². The number of nitrogens with zero attached hydrogens (tertiary/aromatic N) is 2. The molecule has 0 fully saturated rings. The van der Waals surface area contributed by atoms with E-state index >= 15 is 0 Å². The van der Waals surface area contributed by atoms with Gasteiger partial charge in [0.15, 0.2) is 0 Å². The summed E-state index contributed by atoms with van der Waals surface area (Å²) in [7, 11) is 0. The second kappa shape index (κ2) is 5.18. The Morgan fingerprint density at radius 2 is 2.05 bits per heavy atom. The summed E-state index contributed by atoms with van der Waals surface area (Å²) >= 11 is 0. The molecule has 21 heavy (non-hydrogen) atoms. The standard InChI is InChI=1S/C15H15F3N2O/c16-15(17,18)13-4-2-1-3-12(13)14-19-8-11-7-10(9-21)5-6-20(11)14/h1-4,8,10,21H,5-7,9H2. The van der Waals surface area contributed by atoms with Gasteiger partial charge in [0, 0.05) is 30.6 Å². The molecule has 1 aromatic carbocycles. The molecule has 1 aromatic heterocycles. The quantitative estimate of drug-likeness (QED) is 0.924. The van der Waals surface area contributed by atoms with Crippen molar-refractivity contribution in [3.05, 3.63) is 41.7 Å². The molecule has 2 aromatic rings. The Labute approximate surface area is 120 Å². The Balaban J connectivity index is 2.06. The van der Waals surface area contributed by atoms with Crippen molar-refractivity contribution in [1.29, 1.82) is 0 Å². The fourth-order valence-corrected chi connectivity index (χ4v) is 2.83. The van der Waals surface area contributed by atoms with Gasteiger partial charge in [-0.25, -0.2) is 4.98 Å². The lowest BCUT2D eigenvalue weighted by Gasteiger charge is -2.24. The molecule has 1 N–H and O–H groups in total. The lowest BCUT2D eigenvalue weighted by Crippen LogP contribution is -2.22. The zero-order chi connectivity index (χ0) is 15.0. The number of aliphatic hydroxyl groups is 1. The minimum atomic E-state index is -4.40. The first-order chi connectivity index (χ1) is 10.0. The minimum absolute atomic E-state index is 0.0969. The van der Waals surface area contributed by atoms with Crippen LogP contribution in [0.3, 0.4) is 0 Å². The molecule has 3 nitrogen and oxygen atoms in total. The molecule has 3 rings (SSSR count). The average molecular weight is 296 g/mol. The lowest BCUT2D eigenvalue weighted by atomic mass is 9.97. The van der Waals surface area contributed by atoms with Crippen LogP contribution in [0.2, 0.25) is 0 Å². The minimum Gasteiger partial charge on any atom is -0.396 e. The molecule has 0 radical (unpaired) electrons. The molecule has 6 heteroatoms. The number of halogens is 3. The van der Waals surface area contributed by atoms with Crippen LogP contribution in [0.15, 0.2) is 30.5 Å². The molecule has 0 saturated heterocycles. The van der Waals surface area contributed by atoms with Crippen LogP contribution in [-0.4, -0.2) is 21.3 Å². The molecule has 1 unspecified atom stereocenters. The van der Waals surface area contributed by atoms with Crippen LogP contribution in [0.4, 0.5) is 13.2 Å². The number of aliphatic hydroxyl groups excluding tert-OH is 1. The summed E-state index contributed by atoms with van der Waals surface area (Å²) in [4.78, 5) is 4.19. The highest BCUT2D eigenvalue weighted by atomic mass is 19.4. The zero-order valence-corrected chi connectivity index (χ0v) is 11.3. The number of fused-ring (bicyclic) bond motifs is 1. The predicted molar refractivity (Wildman–Crippen MR) is 71.6 cm³/mol. The van der Waals surface area contributed by atoms with Crippen LogP contribution in [0, 0.1) is 5.92 Å². The summed E-state index contributed by atoms with van der Waals surface area (Å²) in [5.41, 5.74) is 0.327. The summed E-state index contributed by atoms with van der Waals surface area (Å²) < 4.78 is 41.2. The van der Waals surface area contributed by atoms with Crippen molar-refractivity contribution in [2.24, 2.45) is 5.92 Å². The van der Waals surface area contributed by atoms with Gasteiger partial charge in [0.25, 0.3) is 0 Å². The average Bonchev–Trinajstić information content (AvgIpc) is 2.89. The smallest absolute Gasteiger partial charge is 0.396 e. The van der Waals surface area contributed by atoms with Gasteiger partial charge in [-0.1, -0.05) is 18.2 Å². The zero-order valence-electron chi connectivity index (χ0n) is 11.3. The van der Waals surface area contributed by atoms with Gasteiger partial charge >= 0.3 is 6.18 Å². The molecular formula is C15H15F3N2O. The molecule has 1 aliphatic rings. The van der Waals surface area contributed by atoms with E-state index in [2.05, 4.69) is 4.98 Å². The van der Waals surface area contributed by atoms with E-state index in [1.807, 2.05) is 4.57 Å². The Kier molecular flexibility index (Phi) is 3.49. The first-order valence-electron chi connectivity index (χ1n) is 6.82. The van der Waals surface area contributed by atoms with Crippen molar-refractivity contribution >= 4 is 0 Å². The number of imidazole rings is 1. The van der Waals surface area contributed by atoms with E-state index in [4.69, 9.17) is 0 Å². The Bertz CT molecular complexity index is 649. The number of hydrogen-bond acceptors (Lipinski definition) is 2. The van der Waals surface area contributed by atoms with Crippen LogP contribution in [0.5, 0.6) is 0 Å². The highest BCUT2D eigenvalue weighted by Crippen LogP contribution is 2.37. The van der Waals surface area contributed by atoms with E-state index in [9.17, 15) is 18.3 Å². The van der Waals surface area contributed by atoms with Crippen molar-refractivity contribution in [3.63, 3.8) is 0 Å². The summed E-state index contributed by atoms with van der Waals surface area (Å²) in [6, 6.07) is 5.51.